The first kappa shape index (κ1) is 9.84. The molecule has 0 radical (unpaired) electrons. The molecule has 4 heteroatoms. The maximum Gasteiger partial charge on any atom is 0.0402 e. The topological polar surface area (TPSA) is 55.7 Å². The van der Waals surface area contributed by atoms with Crippen molar-refractivity contribution in [3.8, 4) is 0 Å². The van der Waals surface area contributed by atoms with Crippen LogP contribution in [0.4, 0.5) is 0 Å². The first-order chi connectivity index (χ1) is 4.81. The molecule has 4 nitrogen and oxygen atoms in total. The van der Waals surface area contributed by atoms with Gasteiger partial charge in [0.05, 0.1) is 0 Å². The molecule has 1 aliphatic rings. The molecule has 0 aromatic carbocycles. The van der Waals surface area contributed by atoms with Crippen LogP contribution in [0.15, 0.2) is 0 Å². The van der Waals surface area contributed by atoms with Crippen molar-refractivity contribution in [2.75, 3.05) is 32.8 Å². The van der Waals surface area contributed by atoms with Crippen LogP contribution in [0.3, 0.4) is 0 Å². The third-order valence-electron chi connectivity index (χ3n) is 1.09. The maximum atomic E-state index is 8.70. The second-order valence-electron chi connectivity index (χ2n) is 2.02. The Morgan fingerprint density at radius 3 is 2.00 bits per heavy atom. The standard InChI is InChI=1S/C4H10N2O.C2H6O/c7-6-3-1-5-2-4-6;1-2-3/h5,7H,1-4H2;3H,2H2,1H3. The van der Waals surface area contributed by atoms with Gasteiger partial charge in [0.25, 0.3) is 0 Å². The van der Waals surface area contributed by atoms with E-state index in [4.69, 9.17) is 10.3 Å². The molecule has 1 aliphatic heterocycles. The number of hydrogen-bond acceptors (Lipinski definition) is 4. The summed E-state index contributed by atoms with van der Waals surface area (Å²) in [5.41, 5.74) is 0. The van der Waals surface area contributed by atoms with Gasteiger partial charge < -0.3 is 15.6 Å². The highest BCUT2D eigenvalue weighted by Crippen LogP contribution is 1.82. The molecule has 0 spiro atoms. The van der Waals surface area contributed by atoms with Crippen LogP contribution in [0.25, 0.3) is 0 Å². The van der Waals surface area contributed by atoms with Gasteiger partial charge in [-0.2, -0.15) is 5.06 Å². The van der Waals surface area contributed by atoms with Crippen LogP contribution in [0.1, 0.15) is 6.92 Å². The molecule has 62 valence electrons. The Labute approximate surface area is 61.4 Å². The zero-order chi connectivity index (χ0) is 7.82. The predicted octanol–water partition coefficient (Wildman–Crippen LogP) is -0.721. The van der Waals surface area contributed by atoms with E-state index in [0.717, 1.165) is 26.2 Å². The fourth-order valence-corrected chi connectivity index (χ4v) is 0.653. The molecule has 0 amide bonds. The van der Waals surface area contributed by atoms with Crippen molar-refractivity contribution in [1.82, 2.24) is 10.4 Å². The highest BCUT2D eigenvalue weighted by atomic mass is 16.5. The number of aliphatic hydroxyl groups excluding tert-OH is 1. The van der Waals surface area contributed by atoms with Crippen molar-refractivity contribution in [3.05, 3.63) is 0 Å². The van der Waals surface area contributed by atoms with Crippen molar-refractivity contribution in [2.24, 2.45) is 0 Å². The maximum absolute atomic E-state index is 8.70. The fraction of sp³-hybridized carbons (Fsp3) is 1.00. The summed E-state index contributed by atoms with van der Waals surface area (Å²) in [6.07, 6.45) is 0. The van der Waals surface area contributed by atoms with Crippen molar-refractivity contribution in [2.45, 2.75) is 6.92 Å². The lowest BCUT2D eigenvalue weighted by Gasteiger charge is -2.19. The third kappa shape index (κ3) is 5.97. The molecular weight excluding hydrogens is 132 g/mol. The zero-order valence-electron chi connectivity index (χ0n) is 6.38. The number of nitrogens with zero attached hydrogens (tertiary/aromatic N) is 1. The van der Waals surface area contributed by atoms with Crippen LogP contribution in [-0.4, -0.2) is 48.2 Å². The molecule has 1 fully saturated rings. The molecule has 3 N–H and O–H groups in total. The Morgan fingerprint density at radius 2 is 1.80 bits per heavy atom. The largest absolute Gasteiger partial charge is 0.397 e. The number of rotatable bonds is 0. The fourth-order valence-electron chi connectivity index (χ4n) is 0.653. The smallest absolute Gasteiger partial charge is 0.0402 e. The zero-order valence-corrected chi connectivity index (χ0v) is 6.38. The third-order valence-corrected chi connectivity index (χ3v) is 1.09. The van der Waals surface area contributed by atoms with E-state index < -0.39 is 0 Å². The van der Waals surface area contributed by atoms with Crippen LogP contribution in [0.5, 0.6) is 0 Å². The average Bonchev–Trinajstić information content (AvgIpc) is 1.91. The second kappa shape index (κ2) is 6.95. The molecule has 1 heterocycles. The van der Waals surface area contributed by atoms with Crippen LogP contribution >= 0.6 is 0 Å². The first-order valence-electron chi connectivity index (χ1n) is 3.56. The minimum Gasteiger partial charge on any atom is -0.397 e. The lowest BCUT2D eigenvalue weighted by Crippen LogP contribution is -2.41. The summed E-state index contributed by atoms with van der Waals surface area (Å²) in [7, 11) is 0. The molecule has 0 aromatic rings. The Morgan fingerprint density at radius 1 is 1.40 bits per heavy atom. The van der Waals surface area contributed by atoms with Gasteiger partial charge in [0.1, 0.15) is 0 Å². The molecule has 0 bridgehead atoms. The summed E-state index contributed by atoms with van der Waals surface area (Å²) in [5, 5.41) is 20.7. The summed E-state index contributed by atoms with van der Waals surface area (Å²) in [6, 6.07) is 0. The van der Waals surface area contributed by atoms with Crippen LogP contribution in [0, 0.1) is 0 Å². The summed E-state index contributed by atoms with van der Waals surface area (Å²) >= 11 is 0. The lowest BCUT2D eigenvalue weighted by molar-refractivity contribution is -0.0976. The van der Waals surface area contributed by atoms with Gasteiger partial charge in [0, 0.05) is 32.8 Å². The molecule has 0 unspecified atom stereocenters. The number of piperazine rings is 1. The highest BCUT2D eigenvalue weighted by Gasteiger charge is 2.03. The summed E-state index contributed by atoms with van der Waals surface area (Å²) in [6.45, 7) is 5.28. The van der Waals surface area contributed by atoms with Gasteiger partial charge in [-0.05, 0) is 6.92 Å². The minimum absolute atomic E-state index is 0.250. The Bertz CT molecular complexity index is 64.8. The van der Waals surface area contributed by atoms with Crippen molar-refractivity contribution < 1.29 is 10.3 Å². The van der Waals surface area contributed by atoms with E-state index >= 15 is 0 Å². The first-order valence-corrected chi connectivity index (χ1v) is 3.56. The monoisotopic (exact) mass is 148 g/mol. The van der Waals surface area contributed by atoms with Gasteiger partial charge in [-0.15, -0.1) is 0 Å². The quantitative estimate of drug-likeness (QED) is 0.424. The highest BCUT2D eigenvalue weighted by molar-refractivity contribution is 4.58. The van der Waals surface area contributed by atoms with E-state index in [1.165, 1.54) is 5.06 Å². The van der Waals surface area contributed by atoms with Gasteiger partial charge in [0.2, 0.25) is 0 Å². The van der Waals surface area contributed by atoms with Crippen LogP contribution in [-0.2, 0) is 0 Å². The number of hydrogen-bond donors (Lipinski definition) is 3. The van der Waals surface area contributed by atoms with Gasteiger partial charge in [-0.3, -0.25) is 0 Å². The molecule has 10 heavy (non-hydrogen) atoms. The molecule has 0 atom stereocenters. The van der Waals surface area contributed by atoms with Gasteiger partial charge in [-0.25, -0.2) is 0 Å². The summed E-state index contributed by atoms with van der Waals surface area (Å²) in [4.78, 5) is 0. The normalized spacial score (nSPS) is 19.5. The molecule has 1 rings (SSSR count). The Hall–Kier alpha value is -0.160. The van der Waals surface area contributed by atoms with Crippen molar-refractivity contribution >= 4 is 0 Å². The van der Waals surface area contributed by atoms with E-state index in [9.17, 15) is 0 Å². The SMILES string of the molecule is CCO.ON1CCNCC1. The van der Waals surface area contributed by atoms with Crippen LogP contribution in [0.2, 0.25) is 0 Å². The minimum atomic E-state index is 0.250. The Balaban J connectivity index is 0.000000236. The molecule has 0 aromatic heterocycles. The molecule has 1 saturated heterocycles. The van der Waals surface area contributed by atoms with Gasteiger partial charge >= 0.3 is 0 Å². The van der Waals surface area contributed by atoms with E-state index in [1.807, 2.05) is 0 Å². The summed E-state index contributed by atoms with van der Waals surface area (Å²) < 4.78 is 0. The van der Waals surface area contributed by atoms with E-state index in [-0.39, 0.29) is 6.61 Å². The predicted molar refractivity (Wildman–Crippen MR) is 39.0 cm³/mol. The van der Waals surface area contributed by atoms with Gasteiger partial charge in [0.15, 0.2) is 0 Å². The molecule has 0 aliphatic carbocycles. The summed E-state index contributed by atoms with van der Waals surface area (Å²) in [5.74, 6) is 0. The van der Waals surface area contributed by atoms with E-state index in [1.54, 1.807) is 6.92 Å². The molecule has 0 saturated carbocycles. The second-order valence-corrected chi connectivity index (χ2v) is 2.02. The number of nitrogens with one attached hydrogen (secondary N) is 1. The van der Waals surface area contributed by atoms with Gasteiger partial charge in [-0.1, -0.05) is 0 Å². The van der Waals surface area contributed by atoms with Crippen molar-refractivity contribution in [1.29, 1.82) is 0 Å². The lowest BCUT2D eigenvalue weighted by atomic mass is 10.4. The Kier molecular flexibility index (Phi) is 6.84. The van der Waals surface area contributed by atoms with E-state index in [2.05, 4.69) is 5.32 Å². The van der Waals surface area contributed by atoms with E-state index in [0.29, 0.717) is 0 Å². The number of hydroxylamine groups is 2. The number of aliphatic hydroxyl groups is 1. The average molecular weight is 148 g/mol. The van der Waals surface area contributed by atoms with Crippen molar-refractivity contribution in [3.63, 3.8) is 0 Å². The molecular formula is C6H16N2O2. The van der Waals surface area contributed by atoms with Crippen LogP contribution < -0.4 is 5.32 Å².